The van der Waals surface area contributed by atoms with E-state index in [4.69, 9.17) is 14.2 Å². The zero-order valence-corrected chi connectivity index (χ0v) is 19.3. The second-order valence-corrected chi connectivity index (χ2v) is 8.78. The molecule has 0 saturated carbocycles. The molecule has 3 aromatic rings. The van der Waals surface area contributed by atoms with Crippen molar-refractivity contribution in [3.8, 4) is 0 Å². The molecule has 0 spiro atoms. The van der Waals surface area contributed by atoms with Crippen LogP contribution in [0.15, 0.2) is 91.0 Å². The lowest BCUT2D eigenvalue weighted by Crippen LogP contribution is -2.46. The predicted molar refractivity (Wildman–Crippen MR) is 129 cm³/mol. The minimum Gasteiger partial charge on any atom is -0.389 e. The molecule has 1 saturated heterocycles. The number of aliphatic hydroxyl groups is 1. The van der Waals surface area contributed by atoms with Crippen LogP contribution in [0.5, 0.6) is 0 Å². The Kier molecular flexibility index (Phi) is 7.58. The van der Waals surface area contributed by atoms with Crippen molar-refractivity contribution in [2.24, 2.45) is 0 Å². The summed E-state index contributed by atoms with van der Waals surface area (Å²) in [4.78, 5) is 0. The Hall–Kier alpha value is -2.54. The van der Waals surface area contributed by atoms with E-state index in [9.17, 15) is 5.11 Å². The molecule has 0 radical (unpaired) electrons. The van der Waals surface area contributed by atoms with Crippen LogP contribution < -0.4 is 5.32 Å². The molecule has 0 aliphatic carbocycles. The SMILES string of the molecule is CC1(C)OCC(O)C(NCCOC(c2ccccc2)(c2ccccc2)c2ccccc2)CO1. The molecule has 1 aliphatic heterocycles. The number of hydrogen-bond acceptors (Lipinski definition) is 5. The third-order valence-corrected chi connectivity index (χ3v) is 6.04. The number of ether oxygens (including phenoxy) is 3. The van der Waals surface area contributed by atoms with E-state index in [1.165, 1.54) is 0 Å². The third kappa shape index (κ3) is 5.52. The molecule has 4 rings (SSSR count). The minimum atomic E-state index is -0.755. The van der Waals surface area contributed by atoms with Crippen molar-refractivity contribution in [2.45, 2.75) is 37.4 Å². The first-order valence-corrected chi connectivity index (χ1v) is 11.5. The monoisotopic (exact) mass is 447 g/mol. The number of benzene rings is 3. The van der Waals surface area contributed by atoms with Crippen LogP contribution >= 0.6 is 0 Å². The molecular weight excluding hydrogens is 414 g/mol. The van der Waals surface area contributed by atoms with Gasteiger partial charge in [0.1, 0.15) is 5.60 Å². The highest BCUT2D eigenvalue weighted by Gasteiger charge is 2.37. The fourth-order valence-electron chi connectivity index (χ4n) is 4.26. The van der Waals surface area contributed by atoms with Crippen molar-refractivity contribution in [1.29, 1.82) is 0 Å². The first-order chi connectivity index (χ1) is 16.0. The van der Waals surface area contributed by atoms with Gasteiger partial charge < -0.3 is 24.6 Å². The van der Waals surface area contributed by atoms with E-state index in [1.54, 1.807) is 0 Å². The van der Waals surface area contributed by atoms with E-state index in [0.717, 1.165) is 16.7 Å². The van der Waals surface area contributed by atoms with E-state index in [-0.39, 0.29) is 12.6 Å². The first-order valence-electron chi connectivity index (χ1n) is 11.5. The van der Waals surface area contributed by atoms with E-state index >= 15 is 0 Å². The summed E-state index contributed by atoms with van der Waals surface area (Å²) in [6.07, 6.45) is -0.645. The summed E-state index contributed by atoms with van der Waals surface area (Å²) in [7, 11) is 0. The molecular formula is C28H33NO4. The third-order valence-electron chi connectivity index (χ3n) is 6.04. The Labute approximate surface area is 196 Å². The molecule has 33 heavy (non-hydrogen) atoms. The Balaban J connectivity index is 1.57. The van der Waals surface area contributed by atoms with Crippen LogP contribution in [-0.4, -0.2) is 49.4 Å². The molecule has 5 nitrogen and oxygen atoms in total. The first kappa shape index (κ1) is 23.6. The van der Waals surface area contributed by atoms with Gasteiger partial charge in [0.2, 0.25) is 0 Å². The summed E-state index contributed by atoms with van der Waals surface area (Å²) in [5, 5.41) is 13.9. The van der Waals surface area contributed by atoms with Crippen LogP contribution in [0.25, 0.3) is 0 Å². The lowest BCUT2D eigenvalue weighted by molar-refractivity contribution is -0.203. The fourth-order valence-corrected chi connectivity index (χ4v) is 4.26. The van der Waals surface area contributed by atoms with E-state index in [1.807, 2.05) is 68.4 Å². The van der Waals surface area contributed by atoms with Gasteiger partial charge in [-0.3, -0.25) is 0 Å². The van der Waals surface area contributed by atoms with Crippen molar-refractivity contribution < 1.29 is 19.3 Å². The topological polar surface area (TPSA) is 60.0 Å². The Morgan fingerprint density at radius 1 is 0.818 bits per heavy atom. The quantitative estimate of drug-likeness (QED) is 0.402. The summed E-state index contributed by atoms with van der Waals surface area (Å²) in [5.74, 6) is -0.697. The summed E-state index contributed by atoms with van der Waals surface area (Å²) in [5.41, 5.74) is 2.44. The fraction of sp³-hybridized carbons (Fsp3) is 0.357. The largest absolute Gasteiger partial charge is 0.389 e. The maximum absolute atomic E-state index is 10.5. The van der Waals surface area contributed by atoms with Crippen molar-refractivity contribution >= 4 is 0 Å². The van der Waals surface area contributed by atoms with Gasteiger partial charge in [-0.15, -0.1) is 0 Å². The van der Waals surface area contributed by atoms with Crippen molar-refractivity contribution in [2.75, 3.05) is 26.4 Å². The average Bonchev–Trinajstić information content (AvgIpc) is 2.99. The molecule has 0 bridgehead atoms. The van der Waals surface area contributed by atoms with Gasteiger partial charge in [0.15, 0.2) is 5.79 Å². The van der Waals surface area contributed by atoms with Crippen LogP contribution in [0.3, 0.4) is 0 Å². The maximum Gasteiger partial charge on any atom is 0.162 e. The number of rotatable bonds is 8. The molecule has 0 aromatic heterocycles. The normalized spacial score (nSPS) is 20.8. The summed E-state index contributed by atoms with van der Waals surface area (Å²) >= 11 is 0. The molecule has 2 unspecified atom stereocenters. The average molecular weight is 448 g/mol. The van der Waals surface area contributed by atoms with Gasteiger partial charge in [-0.25, -0.2) is 0 Å². The molecule has 2 N–H and O–H groups in total. The van der Waals surface area contributed by atoms with Gasteiger partial charge in [-0.2, -0.15) is 0 Å². The molecule has 174 valence electrons. The van der Waals surface area contributed by atoms with Crippen molar-refractivity contribution in [3.63, 3.8) is 0 Å². The van der Waals surface area contributed by atoms with Gasteiger partial charge in [0, 0.05) is 6.54 Å². The maximum atomic E-state index is 10.5. The lowest BCUT2D eigenvalue weighted by Gasteiger charge is -2.36. The number of aliphatic hydroxyl groups excluding tert-OH is 1. The van der Waals surface area contributed by atoms with Gasteiger partial charge >= 0.3 is 0 Å². The zero-order chi connectivity index (χ0) is 23.2. The van der Waals surface area contributed by atoms with Gasteiger partial charge in [0.25, 0.3) is 0 Å². The predicted octanol–water partition coefficient (Wildman–Crippen LogP) is 4.10. The molecule has 0 amide bonds. The second-order valence-electron chi connectivity index (χ2n) is 8.78. The van der Waals surface area contributed by atoms with E-state index in [2.05, 4.69) is 41.7 Å². The van der Waals surface area contributed by atoms with Crippen molar-refractivity contribution in [1.82, 2.24) is 5.32 Å². The smallest absolute Gasteiger partial charge is 0.162 e. The Bertz CT molecular complexity index is 882. The number of nitrogens with one attached hydrogen (secondary N) is 1. The van der Waals surface area contributed by atoms with Crippen LogP contribution in [0.2, 0.25) is 0 Å². The molecule has 3 aromatic carbocycles. The van der Waals surface area contributed by atoms with Crippen LogP contribution in [0, 0.1) is 0 Å². The van der Waals surface area contributed by atoms with E-state index < -0.39 is 17.5 Å². The summed E-state index contributed by atoms with van der Waals surface area (Å²) in [6.45, 7) is 5.31. The Morgan fingerprint density at radius 3 is 1.76 bits per heavy atom. The molecule has 1 heterocycles. The molecule has 2 atom stereocenters. The molecule has 5 heteroatoms. The highest BCUT2D eigenvalue weighted by molar-refractivity contribution is 5.47. The van der Waals surface area contributed by atoms with Crippen LogP contribution in [0.4, 0.5) is 0 Å². The summed E-state index contributed by atoms with van der Waals surface area (Å²) in [6, 6.07) is 30.7. The highest BCUT2D eigenvalue weighted by Crippen LogP contribution is 2.40. The van der Waals surface area contributed by atoms with Gasteiger partial charge in [0.05, 0.1) is 32.0 Å². The van der Waals surface area contributed by atoms with Crippen LogP contribution in [0.1, 0.15) is 30.5 Å². The molecule has 1 fully saturated rings. The minimum absolute atomic E-state index is 0.227. The zero-order valence-electron chi connectivity index (χ0n) is 19.3. The van der Waals surface area contributed by atoms with E-state index in [0.29, 0.717) is 19.8 Å². The second kappa shape index (κ2) is 10.6. The summed E-state index contributed by atoms with van der Waals surface area (Å²) < 4.78 is 18.2. The Morgan fingerprint density at radius 2 is 1.27 bits per heavy atom. The highest BCUT2D eigenvalue weighted by atomic mass is 16.7. The van der Waals surface area contributed by atoms with Crippen molar-refractivity contribution in [3.05, 3.63) is 108 Å². The molecule has 1 aliphatic rings. The van der Waals surface area contributed by atoms with Gasteiger partial charge in [-0.05, 0) is 30.5 Å². The standard InChI is InChI=1S/C28H33NO4/c1-27(2)32-20-25(26(30)21-33-27)29-18-19-31-28(22-12-6-3-7-13-22,23-14-8-4-9-15-23)24-16-10-5-11-17-24/h3-17,25-26,29-30H,18-21H2,1-2H3. The lowest BCUT2D eigenvalue weighted by atomic mass is 9.80. The van der Waals surface area contributed by atoms with Gasteiger partial charge in [-0.1, -0.05) is 91.0 Å². The van der Waals surface area contributed by atoms with Crippen LogP contribution in [-0.2, 0) is 19.8 Å². The number of hydrogen-bond donors (Lipinski definition) is 2.